The molecular formula is C13H20N2. The molecule has 0 amide bonds. The maximum absolute atomic E-state index is 5.82. The van der Waals surface area contributed by atoms with Gasteiger partial charge in [0.2, 0.25) is 0 Å². The molecule has 0 heterocycles. The fraction of sp³-hybridized carbons (Fsp3) is 0.538. The Kier molecular flexibility index (Phi) is 3.39. The van der Waals surface area contributed by atoms with Crippen LogP contribution in [0.2, 0.25) is 0 Å². The van der Waals surface area contributed by atoms with Gasteiger partial charge >= 0.3 is 0 Å². The zero-order valence-electron chi connectivity index (χ0n) is 9.32. The predicted octanol–water partition coefficient (Wildman–Crippen LogP) is 1.87. The van der Waals surface area contributed by atoms with E-state index in [9.17, 15) is 0 Å². The monoisotopic (exact) mass is 204 g/mol. The van der Waals surface area contributed by atoms with Crippen molar-refractivity contribution in [3.8, 4) is 0 Å². The summed E-state index contributed by atoms with van der Waals surface area (Å²) < 4.78 is 0. The Balaban J connectivity index is 2.00. The lowest BCUT2D eigenvalue weighted by atomic mass is 9.93. The molecule has 2 nitrogen and oxygen atoms in total. The molecule has 3 N–H and O–H groups in total. The molecule has 0 saturated heterocycles. The van der Waals surface area contributed by atoms with Crippen molar-refractivity contribution in [3.63, 3.8) is 0 Å². The highest BCUT2D eigenvalue weighted by Crippen LogP contribution is 2.24. The van der Waals surface area contributed by atoms with Gasteiger partial charge in [-0.05, 0) is 24.3 Å². The number of nitrogens with two attached hydrogens (primary N) is 1. The minimum Gasteiger partial charge on any atom is -0.329 e. The van der Waals surface area contributed by atoms with Crippen LogP contribution in [-0.4, -0.2) is 18.6 Å². The molecule has 1 saturated carbocycles. The van der Waals surface area contributed by atoms with Crippen molar-refractivity contribution in [2.45, 2.75) is 37.8 Å². The van der Waals surface area contributed by atoms with Gasteiger partial charge in [0, 0.05) is 18.6 Å². The summed E-state index contributed by atoms with van der Waals surface area (Å²) in [6, 6.07) is 11.8. The predicted molar refractivity (Wildman–Crippen MR) is 63.9 cm³/mol. The van der Waals surface area contributed by atoms with Crippen molar-refractivity contribution in [1.82, 2.24) is 5.32 Å². The highest BCUT2D eigenvalue weighted by atomic mass is 15.0. The van der Waals surface area contributed by atoms with Gasteiger partial charge in [-0.15, -0.1) is 0 Å². The van der Waals surface area contributed by atoms with Crippen LogP contribution < -0.4 is 11.1 Å². The first-order valence-corrected chi connectivity index (χ1v) is 5.82. The molecule has 2 atom stereocenters. The zero-order chi connectivity index (χ0) is 10.7. The van der Waals surface area contributed by atoms with Crippen LogP contribution >= 0.6 is 0 Å². The van der Waals surface area contributed by atoms with E-state index in [1.165, 1.54) is 18.4 Å². The van der Waals surface area contributed by atoms with Crippen molar-refractivity contribution in [1.29, 1.82) is 0 Å². The fourth-order valence-electron chi connectivity index (χ4n) is 1.96. The third-order valence-electron chi connectivity index (χ3n) is 3.21. The zero-order valence-corrected chi connectivity index (χ0v) is 9.32. The number of hydrogen-bond acceptors (Lipinski definition) is 2. The summed E-state index contributed by atoms with van der Waals surface area (Å²) in [6.45, 7) is 2.97. The Morgan fingerprint density at radius 3 is 2.53 bits per heavy atom. The van der Waals surface area contributed by atoms with Crippen LogP contribution in [0.1, 0.15) is 31.2 Å². The highest BCUT2D eigenvalue weighted by molar-refractivity contribution is 5.20. The van der Waals surface area contributed by atoms with Crippen LogP contribution in [0.4, 0.5) is 0 Å². The van der Waals surface area contributed by atoms with Crippen molar-refractivity contribution < 1.29 is 0 Å². The molecule has 0 bridgehead atoms. The third kappa shape index (κ3) is 2.80. The van der Waals surface area contributed by atoms with Gasteiger partial charge in [0.1, 0.15) is 0 Å². The maximum Gasteiger partial charge on any atom is 0.0258 e. The molecule has 1 aromatic rings. The van der Waals surface area contributed by atoms with E-state index in [1.54, 1.807) is 0 Å². The van der Waals surface area contributed by atoms with Crippen LogP contribution in [0.3, 0.4) is 0 Å². The van der Waals surface area contributed by atoms with Crippen molar-refractivity contribution in [2.75, 3.05) is 6.54 Å². The summed E-state index contributed by atoms with van der Waals surface area (Å²) in [5.41, 5.74) is 7.20. The Hall–Kier alpha value is -0.860. The molecule has 1 aliphatic carbocycles. The maximum atomic E-state index is 5.82. The van der Waals surface area contributed by atoms with Crippen molar-refractivity contribution >= 4 is 0 Å². The molecule has 1 aromatic carbocycles. The first-order valence-electron chi connectivity index (χ1n) is 5.82. The second kappa shape index (κ2) is 4.77. The van der Waals surface area contributed by atoms with Gasteiger partial charge in [0.05, 0.1) is 0 Å². The Bertz CT molecular complexity index is 293. The van der Waals surface area contributed by atoms with Gasteiger partial charge in [-0.3, -0.25) is 0 Å². The van der Waals surface area contributed by atoms with Crippen LogP contribution in [0.25, 0.3) is 0 Å². The first kappa shape index (κ1) is 10.7. The minimum atomic E-state index is 0.417. The van der Waals surface area contributed by atoms with E-state index in [2.05, 4.69) is 42.6 Å². The lowest BCUT2D eigenvalue weighted by Gasteiger charge is -2.24. The van der Waals surface area contributed by atoms with Gasteiger partial charge in [-0.25, -0.2) is 0 Å². The van der Waals surface area contributed by atoms with E-state index in [4.69, 9.17) is 5.73 Å². The summed E-state index contributed by atoms with van der Waals surface area (Å²) in [5, 5.41) is 3.61. The summed E-state index contributed by atoms with van der Waals surface area (Å²) in [5.74, 6) is 0.497. The minimum absolute atomic E-state index is 0.417. The number of rotatable bonds is 5. The average molecular weight is 204 g/mol. The van der Waals surface area contributed by atoms with Gasteiger partial charge in [0.25, 0.3) is 0 Å². The standard InChI is InChI=1S/C13H20N2/c1-10(11-5-3-2-4-6-11)13(9-14)15-12-7-8-12/h2-6,10,12-13,15H,7-9,14H2,1H3. The molecule has 1 fully saturated rings. The smallest absolute Gasteiger partial charge is 0.0258 e. The van der Waals surface area contributed by atoms with Crippen LogP contribution in [-0.2, 0) is 0 Å². The molecular weight excluding hydrogens is 184 g/mol. The van der Waals surface area contributed by atoms with E-state index >= 15 is 0 Å². The van der Waals surface area contributed by atoms with E-state index in [0.29, 0.717) is 18.5 Å². The van der Waals surface area contributed by atoms with Gasteiger partial charge in [-0.1, -0.05) is 37.3 Å². The molecule has 15 heavy (non-hydrogen) atoms. The quantitative estimate of drug-likeness (QED) is 0.768. The summed E-state index contributed by atoms with van der Waals surface area (Å²) in [7, 11) is 0. The number of benzene rings is 1. The second-order valence-electron chi connectivity index (χ2n) is 4.48. The van der Waals surface area contributed by atoms with E-state index in [-0.39, 0.29) is 0 Å². The van der Waals surface area contributed by atoms with Crippen molar-refractivity contribution in [3.05, 3.63) is 35.9 Å². The normalized spacial score (nSPS) is 19.9. The molecule has 82 valence electrons. The molecule has 0 aromatic heterocycles. The molecule has 2 unspecified atom stereocenters. The highest BCUT2D eigenvalue weighted by Gasteiger charge is 2.27. The summed E-state index contributed by atoms with van der Waals surface area (Å²) in [4.78, 5) is 0. The molecule has 0 radical (unpaired) electrons. The molecule has 2 rings (SSSR count). The summed E-state index contributed by atoms with van der Waals surface area (Å²) >= 11 is 0. The molecule has 0 aliphatic heterocycles. The lowest BCUT2D eigenvalue weighted by molar-refractivity contribution is 0.454. The molecule has 1 aliphatic rings. The van der Waals surface area contributed by atoms with Crippen molar-refractivity contribution in [2.24, 2.45) is 5.73 Å². The van der Waals surface area contributed by atoms with E-state index in [0.717, 1.165) is 6.04 Å². The topological polar surface area (TPSA) is 38.0 Å². The van der Waals surface area contributed by atoms with E-state index < -0.39 is 0 Å². The largest absolute Gasteiger partial charge is 0.329 e. The second-order valence-corrected chi connectivity index (χ2v) is 4.48. The van der Waals surface area contributed by atoms with Crippen LogP contribution in [0, 0.1) is 0 Å². The SMILES string of the molecule is CC(c1ccccc1)C(CN)NC1CC1. The lowest BCUT2D eigenvalue weighted by Crippen LogP contribution is -2.41. The van der Waals surface area contributed by atoms with Gasteiger partial charge in [0.15, 0.2) is 0 Å². The average Bonchev–Trinajstić information content (AvgIpc) is 3.10. The van der Waals surface area contributed by atoms with Gasteiger partial charge < -0.3 is 11.1 Å². The molecule has 2 heteroatoms. The first-order chi connectivity index (χ1) is 7.31. The van der Waals surface area contributed by atoms with Crippen LogP contribution in [0.15, 0.2) is 30.3 Å². The fourth-order valence-corrected chi connectivity index (χ4v) is 1.96. The molecule has 0 spiro atoms. The third-order valence-corrected chi connectivity index (χ3v) is 3.21. The number of hydrogen-bond donors (Lipinski definition) is 2. The van der Waals surface area contributed by atoms with E-state index in [1.807, 2.05) is 0 Å². The Morgan fingerprint density at radius 2 is 2.00 bits per heavy atom. The Labute approximate surface area is 91.9 Å². The summed E-state index contributed by atoms with van der Waals surface area (Å²) in [6.07, 6.45) is 2.63. The van der Waals surface area contributed by atoms with Gasteiger partial charge in [-0.2, -0.15) is 0 Å². The number of nitrogens with one attached hydrogen (secondary N) is 1. The van der Waals surface area contributed by atoms with Crippen LogP contribution in [0.5, 0.6) is 0 Å². The Morgan fingerprint density at radius 1 is 1.33 bits per heavy atom.